The molecule has 2 heterocycles. The summed E-state index contributed by atoms with van der Waals surface area (Å²) in [4.78, 5) is 21.0. The minimum Gasteiger partial charge on any atom is -0.493 e. The zero-order valence-electron chi connectivity index (χ0n) is 12.4. The Bertz CT molecular complexity index is 688. The van der Waals surface area contributed by atoms with Gasteiger partial charge in [-0.25, -0.2) is 9.97 Å². The lowest BCUT2D eigenvalue weighted by Gasteiger charge is -2.16. The lowest BCUT2D eigenvalue weighted by atomic mass is 10.1. The first-order valence-corrected chi connectivity index (χ1v) is 7.36. The third kappa shape index (κ3) is 3.07. The topological polar surface area (TPSA) is 76.1 Å². The van der Waals surface area contributed by atoms with Crippen LogP contribution >= 0.6 is 0 Å². The zero-order chi connectivity index (χ0) is 15.4. The number of hydrogen-bond acceptors (Lipinski definition) is 5. The maximum absolute atomic E-state index is 12.4. The molecule has 1 aliphatic heterocycles. The molecule has 22 heavy (non-hydrogen) atoms. The van der Waals surface area contributed by atoms with E-state index in [1.807, 2.05) is 13.0 Å². The highest BCUT2D eigenvalue weighted by Crippen LogP contribution is 2.19. The Hall–Kier alpha value is -2.47. The average Bonchev–Trinajstić information content (AvgIpc) is 2.55. The van der Waals surface area contributed by atoms with Gasteiger partial charge in [0.15, 0.2) is 0 Å². The van der Waals surface area contributed by atoms with E-state index in [1.165, 1.54) is 0 Å². The maximum Gasteiger partial charge on any atom is 0.261 e. The lowest BCUT2D eigenvalue weighted by molar-refractivity contribution is 0.102. The third-order valence-electron chi connectivity index (χ3n) is 3.47. The first-order chi connectivity index (χ1) is 10.8. The second-order valence-electron chi connectivity index (χ2n) is 4.98. The standard InChI is InChI=1S/C16H18N4O2/c1-2-22-14-6-4-3-5-12(14)15(21)20-16-18-10-11-9-17-8-7-13(11)19-16/h3-6,10,17H,2,7-9H2,1H3,(H,18,19,20,21). The molecule has 0 radical (unpaired) electrons. The van der Waals surface area contributed by atoms with Gasteiger partial charge in [0, 0.05) is 31.3 Å². The van der Waals surface area contributed by atoms with Gasteiger partial charge >= 0.3 is 0 Å². The molecule has 0 unspecified atom stereocenters. The van der Waals surface area contributed by atoms with Crippen molar-refractivity contribution in [2.45, 2.75) is 19.9 Å². The number of ether oxygens (including phenoxy) is 1. The Balaban J connectivity index is 1.80. The molecule has 1 amide bonds. The molecular weight excluding hydrogens is 280 g/mol. The summed E-state index contributed by atoms with van der Waals surface area (Å²) in [5, 5.41) is 6.01. The fraction of sp³-hybridized carbons (Fsp3) is 0.312. The number of aromatic nitrogens is 2. The van der Waals surface area contributed by atoms with Crippen molar-refractivity contribution in [2.24, 2.45) is 0 Å². The monoisotopic (exact) mass is 298 g/mol. The fourth-order valence-electron chi connectivity index (χ4n) is 2.40. The number of hydrogen-bond donors (Lipinski definition) is 2. The van der Waals surface area contributed by atoms with E-state index in [0.717, 1.165) is 30.8 Å². The number of amides is 1. The van der Waals surface area contributed by atoms with E-state index < -0.39 is 0 Å². The minimum atomic E-state index is -0.266. The van der Waals surface area contributed by atoms with Crippen LogP contribution in [0.25, 0.3) is 0 Å². The van der Waals surface area contributed by atoms with Crippen molar-refractivity contribution in [1.82, 2.24) is 15.3 Å². The highest BCUT2D eigenvalue weighted by molar-refractivity contribution is 6.05. The molecule has 0 aliphatic carbocycles. The van der Waals surface area contributed by atoms with E-state index in [0.29, 0.717) is 23.9 Å². The molecule has 6 nitrogen and oxygen atoms in total. The van der Waals surface area contributed by atoms with Gasteiger partial charge in [-0.2, -0.15) is 0 Å². The van der Waals surface area contributed by atoms with Crippen molar-refractivity contribution in [3.05, 3.63) is 47.3 Å². The van der Waals surface area contributed by atoms with Gasteiger partial charge in [-0.15, -0.1) is 0 Å². The first-order valence-electron chi connectivity index (χ1n) is 7.36. The number of benzene rings is 1. The van der Waals surface area contributed by atoms with Gasteiger partial charge in [0.1, 0.15) is 5.75 Å². The average molecular weight is 298 g/mol. The van der Waals surface area contributed by atoms with Gasteiger partial charge in [0.25, 0.3) is 5.91 Å². The number of anilines is 1. The van der Waals surface area contributed by atoms with Crippen LogP contribution in [0.15, 0.2) is 30.5 Å². The first kappa shape index (κ1) is 14.5. The summed E-state index contributed by atoms with van der Waals surface area (Å²) in [5.41, 5.74) is 2.55. The molecule has 2 aromatic rings. The van der Waals surface area contributed by atoms with E-state index in [1.54, 1.807) is 24.4 Å². The Morgan fingerprint density at radius 1 is 1.41 bits per heavy atom. The van der Waals surface area contributed by atoms with Gasteiger partial charge in [0.05, 0.1) is 17.9 Å². The second kappa shape index (κ2) is 6.53. The van der Waals surface area contributed by atoms with Crippen LogP contribution in [0.2, 0.25) is 0 Å². The molecule has 0 saturated carbocycles. The predicted octanol–water partition coefficient (Wildman–Crippen LogP) is 1.77. The molecule has 1 aromatic carbocycles. The number of carbonyl (C=O) groups is 1. The fourth-order valence-corrected chi connectivity index (χ4v) is 2.40. The number of nitrogens with zero attached hydrogens (tertiary/aromatic N) is 2. The number of nitrogens with one attached hydrogen (secondary N) is 2. The number of para-hydroxylation sites is 1. The number of fused-ring (bicyclic) bond motifs is 1. The molecule has 1 aromatic heterocycles. The van der Waals surface area contributed by atoms with Crippen molar-refractivity contribution in [1.29, 1.82) is 0 Å². The summed E-state index contributed by atoms with van der Waals surface area (Å²) in [5.74, 6) is 0.625. The molecule has 0 atom stereocenters. The Kier molecular flexibility index (Phi) is 4.29. The maximum atomic E-state index is 12.4. The minimum absolute atomic E-state index is 0.266. The molecule has 114 valence electrons. The molecule has 6 heteroatoms. The zero-order valence-corrected chi connectivity index (χ0v) is 12.4. The Morgan fingerprint density at radius 3 is 3.14 bits per heavy atom. The predicted molar refractivity (Wildman–Crippen MR) is 83.0 cm³/mol. The van der Waals surface area contributed by atoms with Gasteiger partial charge in [-0.3, -0.25) is 10.1 Å². The van der Waals surface area contributed by atoms with Gasteiger partial charge in [-0.1, -0.05) is 12.1 Å². The summed E-state index contributed by atoms with van der Waals surface area (Å²) < 4.78 is 5.48. The molecule has 1 aliphatic rings. The molecule has 0 bridgehead atoms. The summed E-state index contributed by atoms with van der Waals surface area (Å²) in [7, 11) is 0. The second-order valence-corrected chi connectivity index (χ2v) is 4.98. The van der Waals surface area contributed by atoms with Crippen LogP contribution in [0.1, 0.15) is 28.5 Å². The summed E-state index contributed by atoms with van der Waals surface area (Å²) in [6.07, 6.45) is 2.61. The van der Waals surface area contributed by atoms with E-state index in [2.05, 4.69) is 20.6 Å². The molecule has 3 rings (SSSR count). The van der Waals surface area contributed by atoms with Crippen molar-refractivity contribution >= 4 is 11.9 Å². The Labute approximate surface area is 128 Å². The van der Waals surface area contributed by atoms with Crippen LogP contribution in [0.5, 0.6) is 5.75 Å². The molecule has 0 spiro atoms. The van der Waals surface area contributed by atoms with Crippen LogP contribution < -0.4 is 15.4 Å². The Morgan fingerprint density at radius 2 is 2.27 bits per heavy atom. The van der Waals surface area contributed by atoms with Crippen LogP contribution in [-0.2, 0) is 13.0 Å². The largest absolute Gasteiger partial charge is 0.493 e. The smallest absolute Gasteiger partial charge is 0.261 e. The van der Waals surface area contributed by atoms with E-state index in [4.69, 9.17) is 4.74 Å². The molecule has 0 fully saturated rings. The van der Waals surface area contributed by atoms with Crippen molar-refractivity contribution < 1.29 is 9.53 Å². The van der Waals surface area contributed by atoms with Crippen LogP contribution in [0.3, 0.4) is 0 Å². The highest BCUT2D eigenvalue weighted by Gasteiger charge is 2.15. The molecule has 2 N–H and O–H groups in total. The van der Waals surface area contributed by atoms with Crippen LogP contribution in [-0.4, -0.2) is 29.0 Å². The highest BCUT2D eigenvalue weighted by atomic mass is 16.5. The van der Waals surface area contributed by atoms with Gasteiger partial charge in [-0.05, 0) is 19.1 Å². The van der Waals surface area contributed by atoms with Crippen LogP contribution in [0, 0.1) is 0 Å². The lowest BCUT2D eigenvalue weighted by Crippen LogP contribution is -2.25. The molecule has 0 saturated heterocycles. The summed E-state index contributed by atoms with van der Waals surface area (Å²) in [6.45, 7) is 4.06. The normalized spacial score (nSPS) is 13.3. The van der Waals surface area contributed by atoms with Gasteiger partial charge < -0.3 is 10.1 Å². The summed E-state index contributed by atoms with van der Waals surface area (Å²) in [6, 6.07) is 7.14. The van der Waals surface area contributed by atoms with Crippen molar-refractivity contribution in [3.8, 4) is 5.75 Å². The van der Waals surface area contributed by atoms with E-state index >= 15 is 0 Å². The quantitative estimate of drug-likeness (QED) is 0.899. The molecular formula is C16H18N4O2. The van der Waals surface area contributed by atoms with Crippen molar-refractivity contribution in [3.63, 3.8) is 0 Å². The van der Waals surface area contributed by atoms with Gasteiger partial charge in [0.2, 0.25) is 5.95 Å². The van der Waals surface area contributed by atoms with E-state index in [-0.39, 0.29) is 5.91 Å². The third-order valence-corrected chi connectivity index (χ3v) is 3.47. The van der Waals surface area contributed by atoms with Crippen molar-refractivity contribution in [2.75, 3.05) is 18.5 Å². The number of carbonyl (C=O) groups excluding carboxylic acids is 1. The van der Waals surface area contributed by atoms with Crippen LogP contribution in [0.4, 0.5) is 5.95 Å². The number of rotatable bonds is 4. The summed E-state index contributed by atoms with van der Waals surface area (Å²) >= 11 is 0. The van der Waals surface area contributed by atoms with E-state index in [9.17, 15) is 4.79 Å². The SMILES string of the molecule is CCOc1ccccc1C(=O)Nc1ncc2c(n1)CCNC2.